The molecular formula is C26H38Cl2O2. The van der Waals surface area contributed by atoms with Crippen molar-refractivity contribution in [2.24, 2.45) is 11.8 Å². The van der Waals surface area contributed by atoms with Crippen molar-refractivity contribution in [2.45, 2.75) is 79.1 Å². The lowest BCUT2D eigenvalue weighted by atomic mass is 10.0. The summed E-state index contributed by atoms with van der Waals surface area (Å²) in [6.45, 7) is 10.2. The Hall–Kier alpha value is -1.12. The molecule has 2 aromatic rings. The van der Waals surface area contributed by atoms with E-state index in [-0.39, 0.29) is 0 Å². The average molecular weight is 453 g/mol. The Morgan fingerprint density at radius 3 is 1.43 bits per heavy atom. The molecule has 0 fully saturated rings. The molecule has 2 unspecified atom stereocenters. The minimum absolute atomic E-state index is 0.456. The first-order valence-corrected chi connectivity index (χ1v) is 12.5. The first kappa shape index (κ1) is 25.1. The molecule has 4 heteroatoms. The van der Waals surface area contributed by atoms with Gasteiger partial charge in [0, 0.05) is 10.8 Å². The second kappa shape index (κ2) is 13.3. The third kappa shape index (κ3) is 6.69. The van der Waals surface area contributed by atoms with Crippen LogP contribution in [0, 0.1) is 11.8 Å². The van der Waals surface area contributed by atoms with E-state index in [1.54, 1.807) is 0 Å². The monoisotopic (exact) mass is 452 g/mol. The highest BCUT2D eigenvalue weighted by molar-refractivity contribution is 6.45. The van der Waals surface area contributed by atoms with E-state index in [1.165, 1.54) is 38.5 Å². The lowest BCUT2D eigenvalue weighted by Gasteiger charge is -2.21. The molecule has 2 rings (SSSR count). The third-order valence-electron chi connectivity index (χ3n) is 6.02. The summed E-state index contributed by atoms with van der Waals surface area (Å²) < 4.78 is 12.5. The highest BCUT2D eigenvalue weighted by Crippen LogP contribution is 2.47. The quantitative estimate of drug-likeness (QED) is 0.284. The van der Waals surface area contributed by atoms with E-state index >= 15 is 0 Å². The van der Waals surface area contributed by atoms with Crippen molar-refractivity contribution in [1.29, 1.82) is 0 Å². The van der Waals surface area contributed by atoms with Crippen LogP contribution in [0.25, 0.3) is 10.8 Å². The molecule has 0 heterocycles. The molecular weight excluding hydrogens is 415 g/mol. The highest BCUT2D eigenvalue weighted by atomic mass is 35.5. The smallest absolute Gasteiger partial charge is 0.147 e. The predicted molar refractivity (Wildman–Crippen MR) is 132 cm³/mol. The van der Waals surface area contributed by atoms with Crippen molar-refractivity contribution in [3.05, 3.63) is 34.3 Å². The van der Waals surface area contributed by atoms with Gasteiger partial charge in [0.1, 0.15) is 21.5 Å². The molecule has 0 saturated carbocycles. The Bertz CT molecular complexity index is 711. The van der Waals surface area contributed by atoms with E-state index in [2.05, 4.69) is 27.7 Å². The van der Waals surface area contributed by atoms with Gasteiger partial charge in [-0.25, -0.2) is 0 Å². The first-order chi connectivity index (χ1) is 14.6. The molecule has 0 aliphatic carbocycles. The van der Waals surface area contributed by atoms with Crippen LogP contribution in [0.4, 0.5) is 0 Å². The fraction of sp³-hybridized carbons (Fsp3) is 0.615. The van der Waals surface area contributed by atoms with Crippen LogP contribution >= 0.6 is 23.2 Å². The van der Waals surface area contributed by atoms with E-state index in [1.807, 2.05) is 24.3 Å². The summed E-state index contributed by atoms with van der Waals surface area (Å²) >= 11 is 13.4. The van der Waals surface area contributed by atoms with Crippen LogP contribution in [0.1, 0.15) is 79.1 Å². The van der Waals surface area contributed by atoms with Gasteiger partial charge in [-0.05, 0) is 24.7 Å². The molecule has 2 atom stereocenters. The van der Waals surface area contributed by atoms with Gasteiger partial charge in [0.05, 0.1) is 13.2 Å². The second-order valence-electron chi connectivity index (χ2n) is 8.29. The maximum absolute atomic E-state index is 6.70. The summed E-state index contributed by atoms with van der Waals surface area (Å²) in [5.74, 6) is 2.41. The van der Waals surface area contributed by atoms with Crippen LogP contribution in [-0.4, -0.2) is 13.2 Å². The molecule has 0 aliphatic rings. The van der Waals surface area contributed by atoms with Crippen LogP contribution in [-0.2, 0) is 0 Å². The topological polar surface area (TPSA) is 18.5 Å². The van der Waals surface area contributed by atoms with Gasteiger partial charge in [-0.2, -0.15) is 0 Å². The molecule has 2 nitrogen and oxygen atoms in total. The fourth-order valence-electron chi connectivity index (χ4n) is 3.80. The standard InChI is InChI=1S/C26H38Cl2O2/c1-5-9-13-19(7-3)17-29-25-21-15-11-12-16-22(21)26(24(28)23(25)27)30-18-20(8-4)14-10-6-2/h11-12,15-16,19-20H,5-10,13-14,17-18H2,1-4H3. The summed E-state index contributed by atoms with van der Waals surface area (Å²) in [6, 6.07) is 8.10. The van der Waals surface area contributed by atoms with Gasteiger partial charge < -0.3 is 9.47 Å². The van der Waals surface area contributed by atoms with Gasteiger partial charge in [-0.3, -0.25) is 0 Å². The normalized spacial score (nSPS) is 13.4. The molecule has 2 aromatic carbocycles. The van der Waals surface area contributed by atoms with Gasteiger partial charge >= 0.3 is 0 Å². The largest absolute Gasteiger partial charge is 0.491 e. The molecule has 168 valence electrons. The molecule has 0 bridgehead atoms. The second-order valence-corrected chi connectivity index (χ2v) is 9.04. The Labute approximate surface area is 193 Å². The summed E-state index contributed by atoms with van der Waals surface area (Å²) in [5, 5.41) is 2.84. The van der Waals surface area contributed by atoms with Crippen LogP contribution in [0.3, 0.4) is 0 Å². The molecule has 0 saturated heterocycles. The number of hydrogen-bond donors (Lipinski definition) is 0. The molecule has 0 aromatic heterocycles. The van der Waals surface area contributed by atoms with Crippen molar-refractivity contribution in [3.63, 3.8) is 0 Å². The number of fused-ring (bicyclic) bond motifs is 1. The number of benzene rings is 2. The SMILES string of the molecule is CCCCC(CC)COc1c(Cl)c(Cl)c(OCC(CC)CCCC)c2ccccc12. The number of ether oxygens (including phenoxy) is 2. The van der Waals surface area contributed by atoms with Crippen molar-refractivity contribution < 1.29 is 9.47 Å². The highest BCUT2D eigenvalue weighted by Gasteiger charge is 2.21. The van der Waals surface area contributed by atoms with Crippen molar-refractivity contribution in [2.75, 3.05) is 13.2 Å². The van der Waals surface area contributed by atoms with Crippen LogP contribution < -0.4 is 9.47 Å². The van der Waals surface area contributed by atoms with E-state index in [0.717, 1.165) is 23.6 Å². The maximum Gasteiger partial charge on any atom is 0.147 e. The predicted octanol–water partition coefficient (Wildman–Crippen LogP) is 9.34. The zero-order chi connectivity index (χ0) is 21.9. The summed E-state index contributed by atoms with van der Waals surface area (Å²) in [6.07, 6.45) is 9.40. The number of rotatable bonds is 14. The summed E-state index contributed by atoms with van der Waals surface area (Å²) in [5.41, 5.74) is 0. The van der Waals surface area contributed by atoms with E-state index in [4.69, 9.17) is 32.7 Å². The Morgan fingerprint density at radius 1 is 0.700 bits per heavy atom. The molecule has 0 aliphatic heterocycles. The maximum atomic E-state index is 6.70. The van der Waals surface area contributed by atoms with Crippen LogP contribution in [0.2, 0.25) is 10.0 Å². The first-order valence-electron chi connectivity index (χ1n) is 11.7. The molecule has 0 amide bonds. The molecule has 0 N–H and O–H groups in total. The van der Waals surface area contributed by atoms with Crippen LogP contribution in [0.5, 0.6) is 11.5 Å². The van der Waals surface area contributed by atoms with E-state index in [0.29, 0.717) is 46.6 Å². The summed E-state index contributed by atoms with van der Waals surface area (Å²) in [4.78, 5) is 0. The number of hydrogen-bond acceptors (Lipinski definition) is 2. The average Bonchev–Trinajstić information content (AvgIpc) is 2.77. The Kier molecular flexibility index (Phi) is 11.2. The zero-order valence-electron chi connectivity index (χ0n) is 19.1. The molecule has 0 spiro atoms. The Balaban J connectivity index is 2.28. The lowest BCUT2D eigenvalue weighted by Crippen LogP contribution is -2.13. The van der Waals surface area contributed by atoms with Crippen molar-refractivity contribution >= 4 is 34.0 Å². The van der Waals surface area contributed by atoms with E-state index in [9.17, 15) is 0 Å². The number of halogens is 2. The minimum Gasteiger partial charge on any atom is -0.491 e. The van der Waals surface area contributed by atoms with E-state index < -0.39 is 0 Å². The van der Waals surface area contributed by atoms with Gasteiger partial charge in [0.2, 0.25) is 0 Å². The van der Waals surface area contributed by atoms with Gasteiger partial charge in [-0.15, -0.1) is 0 Å². The fourth-order valence-corrected chi connectivity index (χ4v) is 4.28. The van der Waals surface area contributed by atoms with Gasteiger partial charge in [0.25, 0.3) is 0 Å². The molecule has 30 heavy (non-hydrogen) atoms. The Morgan fingerprint density at radius 2 is 1.10 bits per heavy atom. The van der Waals surface area contributed by atoms with Crippen molar-refractivity contribution in [1.82, 2.24) is 0 Å². The lowest BCUT2D eigenvalue weighted by molar-refractivity contribution is 0.231. The van der Waals surface area contributed by atoms with Crippen molar-refractivity contribution in [3.8, 4) is 11.5 Å². The zero-order valence-corrected chi connectivity index (χ0v) is 20.6. The number of unbranched alkanes of at least 4 members (excludes halogenated alkanes) is 2. The van der Waals surface area contributed by atoms with Gasteiger partial charge in [0.15, 0.2) is 0 Å². The van der Waals surface area contributed by atoms with Gasteiger partial charge in [-0.1, -0.05) is 114 Å². The molecule has 0 radical (unpaired) electrons. The minimum atomic E-state index is 0.456. The van der Waals surface area contributed by atoms with Crippen LogP contribution in [0.15, 0.2) is 24.3 Å². The summed E-state index contributed by atoms with van der Waals surface area (Å²) in [7, 11) is 0. The third-order valence-corrected chi connectivity index (χ3v) is 6.84.